The van der Waals surface area contributed by atoms with Gasteiger partial charge < -0.3 is 69.0 Å². The largest absolute Gasteiger partial charge is 0.790 e. The molecule has 2 amide bonds. The summed E-state index contributed by atoms with van der Waals surface area (Å²) < 4.78 is 60.8. The summed E-state index contributed by atoms with van der Waals surface area (Å²) in [6.07, 6.45) is 13.8. The van der Waals surface area contributed by atoms with Crippen molar-refractivity contribution in [3.63, 3.8) is 0 Å². The molecule has 0 aliphatic carbocycles. The molecule has 0 spiro atoms. The number of aliphatic hydroxyl groups excluding tert-OH is 2. The van der Waals surface area contributed by atoms with Crippen LogP contribution in [0.5, 0.6) is 0 Å². The number of phosphoric ester groups is 3. The minimum absolute atomic E-state index is 0.0196. The maximum absolute atomic E-state index is 12.6. The van der Waals surface area contributed by atoms with E-state index in [0.29, 0.717) is 12.2 Å². The van der Waals surface area contributed by atoms with E-state index in [2.05, 4.69) is 74.7 Å². The van der Waals surface area contributed by atoms with Crippen molar-refractivity contribution in [3.8, 4) is 0 Å². The number of imidazole rings is 1. The van der Waals surface area contributed by atoms with Crippen molar-refractivity contribution in [3.05, 3.63) is 37.0 Å². The van der Waals surface area contributed by atoms with E-state index in [1.807, 2.05) is 0 Å². The Morgan fingerprint density at radius 2 is 1.58 bits per heavy atom. The number of amides is 2. The fourth-order valence-electron chi connectivity index (χ4n) is 6.43. The molecular formula is C39H62N7O17P3S-4. The number of aromatic nitrogens is 4. The zero-order valence-electron chi connectivity index (χ0n) is 37.7. The summed E-state index contributed by atoms with van der Waals surface area (Å²) >= 11 is 1.13. The normalized spacial score (nSPS) is 20.3. The number of phosphoric acid groups is 3. The molecule has 1 aliphatic rings. The molecule has 0 aromatic carbocycles. The molecule has 0 saturated carbocycles. The number of thioether (sulfide) groups is 1. The number of nitrogens with zero attached hydrogens (tertiary/aromatic N) is 4. The summed E-state index contributed by atoms with van der Waals surface area (Å²) in [7, 11) is -17.6. The fraction of sp³-hybridized carbons (Fsp3) is 0.692. The van der Waals surface area contributed by atoms with Gasteiger partial charge in [-0.3, -0.25) is 28.1 Å². The van der Waals surface area contributed by atoms with Gasteiger partial charge in [0.25, 0.3) is 15.6 Å². The van der Waals surface area contributed by atoms with Crippen LogP contribution in [0.4, 0.5) is 5.82 Å². The van der Waals surface area contributed by atoms with Crippen LogP contribution in [0.25, 0.3) is 11.2 Å². The SMILES string of the molecule is CCCCCC=CCC=CCCCCCCCC(=O)SCCNC(=O)CCNC(=O)C(O)C(C)(C)COP(=O)([O-])OP(=O)([O-])OCC1OC(n2cnc3c(N)ncnc32)C(O)C1OP(=O)([O-])[O-]. The van der Waals surface area contributed by atoms with Crippen LogP contribution in [0.1, 0.15) is 110 Å². The highest BCUT2D eigenvalue weighted by atomic mass is 32.2. The number of rotatable bonds is 33. The van der Waals surface area contributed by atoms with Gasteiger partial charge in [0.2, 0.25) is 11.8 Å². The summed E-state index contributed by atoms with van der Waals surface area (Å²) in [5.74, 6) is -1.15. The number of fused-ring (bicyclic) bond motifs is 1. The van der Waals surface area contributed by atoms with Gasteiger partial charge in [-0.2, -0.15) is 0 Å². The molecule has 1 saturated heterocycles. The molecule has 1 fully saturated rings. The lowest BCUT2D eigenvalue weighted by molar-refractivity contribution is -0.347. The third kappa shape index (κ3) is 21.7. The lowest BCUT2D eigenvalue weighted by Gasteiger charge is -2.36. The van der Waals surface area contributed by atoms with Gasteiger partial charge in [-0.25, -0.2) is 19.3 Å². The molecule has 7 unspecified atom stereocenters. The van der Waals surface area contributed by atoms with E-state index in [1.54, 1.807) is 0 Å². The molecule has 2 aromatic rings. The monoisotopic (exact) mass is 1030 g/mol. The summed E-state index contributed by atoms with van der Waals surface area (Å²) in [5.41, 5.74) is 4.09. The van der Waals surface area contributed by atoms with E-state index < -0.39 is 84.6 Å². The molecule has 0 bridgehead atoms. The van der Waals surface area contributed by atoms with Crippen molar-refractivity contribution in [2.24, 2.45) is 5.41 Å². The van der Waals surface area contributed by atoms with Crippen molar-refractivity contribution in [1.82, 2.24) is 30.2 Å². The zero-order chi connectivity index (χ0) is 49.7. The molecule has 2 aromatic heterocycles. The topological polar surface area (TPSA) is 375 Å². The van der Waals surface area contributed by atoms with Crippen molar-refractivity contribution in [2.75, 3.05) is 37.8 Å². The molecule has 6 N–H and O–H groups in total. The van der Waals surface area contributed by atoms with Gasteiger partial charge >= 0.3 is 0 Å². The van der Waals surface area contributed by atoms with E-state index in [-0.39, 0.29) is 41.6 Å². The molecule has 3 rings (SSSR count). The van der Waals surface area contributed by atoms with Crippen molar-refractivity contribution < 1.29 is 80.5 Å². The second-order valence-corrected chi connectivity index (χ2v) is 21.4. The van der Waals surface area contributed by atoms with Gasteiger partial charge in [0.05, 0.1) is 27.4 Å². The Kier molecular flexibility index (Phi) is 24.9. The number of carbonyl (C=O) groups is 3. The lowest BCUT2D eigenvalue weighted by Crippen LogP contribution is -2.46. The van der Waals surface area contributed by atoms with Crippen LogP contribution in [-0.4, -0.2) is 103 Å². The molecule has 7 atom stereocenters. The molecule has 0 radical (unpaired) electrons. The molecule has 1 aliphatic heterocycles. The molecule has 24 nitrogen and oxygen atoms in total. The molecule has 380 valence electrons. The number of anilines is 1. The van der Waals surface area contributed by atoms with Gasteiger partial charge in [-0.15, -0.1) is 0 Å². The highest BCUT2D eigenvalue weighted by molar-refractivity contribution is 8.13. The van der Waals surface area contributed by atoms with E-state index in [0.717, 1.165) is 80.4 Å². The first-order valence-corrected chi connectivity index (χ1v) is 27.2. The Morgan fingerprint density at radius 3 is 2.27 bits per heavy atom. The Hall–Kier alpha value is -2.96. The number of allylic oxidation sites excluding steroid dienone is 4. The first kappa shape index (κ1) is 58.4. The first-order chi connectivity index (χ1) is 31.6. The number of ether oxygens (including phenoxy) is 1. The third-order valence-corrected chi connectivity index (χ3v) is 14.0. The van der Waals surface area contributed by atoms with Gasteiger partial charge in [-0.05, 0) is 38.5 Å². The summed E-state index contributed by atoms with van der Waals surface area (Å²) in [4.78, 5) is 96.8. The van der Waals surface area contributed by atoms with E-state index in [1.165, 1.54) is 33.1 Å². The van der Waals surface area contributed by atoms with Crippen LogP contribution < -0.4 is 35.9 Å². The number of nitrogens with one attached hydrogen (secondary N) is 2. The highest BCUT2D eigenvalue weighted by Gasteiger charge is 2.47. The number of carbonyl (C=O) groups excluding carboxylic acids is 3. The molecule has 3 heterocycles. The number of aliphatic hydroxyl groups is 2. The minimum Gasteiger partial charge on any atom is -0.790 e. The standard InChI is InChI=1S/C39H66N7O17P3S/c1-4-5-6-7-8-9-10-11-12-13-14-15-16-17-18-19-30(48)67-23-22-41-29(47)20-21-42-37(51)34(50)39(2,3)25-60-66(57,58)63-65(55,56)59-24-28-33(62-64(52,53)54)32(49)38(61-28)46-27-45-31-35(40)43-26-44-36(31)46/h8-9,11-12,26-28,32-34,38,49-50H,4-7,10,13-25H2,1-3H3,(H,41,47)(H,42,51)(H,55,56)(H,57,58)(H2,40,43,44)(H2,52,53,54)/p-4. The van der Waals surface area contributed by atoms with Crippen LogP contribution >= 0.6 is 35.2 Å². The minimum atomic E-state index is -5.92. The number of hydrogen-bond acceptors (Lipinski definition) is 22. The number of unbranched alkanes of at least 4 members (excludes halogenated alkanes) is 8. The third-order valence-electron chi connectivity index (χ3n) is 10.1. The average molecular weight is 1030 g/mol. The number of nitrogen functional groups attached to an aromatic ring is 1. The molecule has 67 heavy (non-hydrogen) atoms. The van der Waals surface area contributed by atoms with Crippen molar-refractivity contribution in [1.29, 1.82) is 0 Å². The number of nitrogens with two attached hydrogens (primary N) is 1. The van der Waals surface area contributed by atoms with Gasteiger partial charge in [0.1, 0.15) is 36.3 Å². The fourth-order valence-corrected chi connectivity index (χ4v) is 9.88. The van der Waals surface area contributed by atoms with E-state index >= 15 is 0 Å². The smallest absolute Gasteiger partial charge is 0.274 e. The van der Waals surface area contributed by atoms with E-state index in [9.17, 15) is 57.9 Å². The van der Waals surface area contributed by atoms with Crippen LogP contribution in [0, 0.1) is 5.41 Å². The van der Waals surface area contributed by atoms with Crippen LogP contribution in [0.15, 0.2) is 37.0 Å². The second-order valence-electron chi connectivity index (χ2n) is 16.2. The number of hydrogen-bond donors (Lipinski definition) is 5. The van der Waals surface area contributed by atoms with Crippen molar-refractivity contribution in [2.45, 2.75) is 135 Å². The summed E-state index contributed by atoms with van der Waals surface area (Å²) in [5, 5.41) is 26.5. The molecular weight excluding hydrogens is 963 g/mol. The predicted octanol–water partition coefficient (Wildman–Crippen LogP) is 1.95. The maximum atomic E-state index is 12.6. The maximum Gasteiger partial charge on any atom is 0.274 e. The second kappa shape index (κ2) is 28.6. The van der Waals surface area contributed by atoms with Crippen LogP contribution in [-0.2, 0) is 50.7 Å². The zero-order valence-corrected chi connectivity index (χ0v) is 41.2. The Labute approximate surface area is 393 Å². The Bertz CT molecular complexity index is 2090. The van der Waals surface area contributed by atoms with Gasteiger partial charge in [-0.1, -0.05) is 88.9 Å². The molecule has 28 heteroatoms. The summed E-state index contributed by atoms with van der Waals surface area (Å²) in [6, 6.07) is 0. The lowest BCUT2D eigenvalue weighted by atomic mass is 9.87. The summed E-state index contributed by atoms with van der Waals surface area (Å²) in [6.45, 7) is 2.36. The quantitative estimate of drug-likeness (QED) is 0.0387. The Balaban J connectivity index is 1.31. The van der Waals surface area contributed by atoms with Crippen LogP contribution in [0.3, 0.4) is 0 Å². The van der Waals surface area contributed by atoms with Crippen LogP contribution in [0.2, 0.25) is 0 Å². The predicted molar refractivity (Wildman–Crippen MR) is 238 cm³/mol. The average Bonchev–Trinajstić information content (AvgIpc) is 3.81. The highest BCUT2D eigenvalue weighted by Crippen LogP contribution is 2.56. The Morgan fingerprint density at radius 1 is 0.925 bits per heavy atom. The van der Waals surface area contributed by atoms with Gasteiger partial charge in [0, 0.05) is 37.1 Å². The first-order valence-electron chi connectivity index (χ1n) is 21.8. The van der Waals surface area contributed by atoms with Crippen molar-refractivity contribution >= 4 is 69.1 Å². The van der Waals surface area contributed by atoms with Gasteiger partial charge in [0.15, 0.2) is 22.8 Å². The van der Waals surface area contributed by atoms with E-state index in [4.69, 9.17) is 10.5 Å².